The van der Waals surface area contributed by atoms with Gasteiger partial charge in [0.15, 0.2) is 0 Å². The van der Waals surface area contributed by atoms with Crippen molar-refractivity contribution in [1.82, 2.24) is 14.9 Å². The van der Waals surface area contributed by atoms with Gasteiger partial charge in [0.1, 0.15) is 10.7 Å². The Morgan fingerprint density at radius 3 is 2.76 bits per heavy atom. The molecular formula is C20H24F3N3O2S. The Hall–Kier alpha value is -1.90. The molecule has 2 atom stereocenters. The second-order valence-corrected chi connectivity index (χ2v) is 9.11. The summed E-state index contributed by atoms with van der Waals surface area (Å²) in [6.45, 7) is 2.36. The lowest BCUT2D eigenvalue weighted by molar-refractivity contribution is -0.183. The number of nitrogens with zero attached hydrogens (tertiary/aromatic N) is 2. The van der Waals surface area contributed by atoms with Crippen molar-refractivity contribution in [3.8, 4) is 0 Å². The molecule has 2 unspecified atom stereocenters. The van der Waals surface area contributed by atoms with Gasteiger partial charge in [-0.25, -0.2) is 4.98 Å². The van der Waals surface area contributed by atoms with Gasteiger partial charge in [-0.3, -0.25) is 14.2 Å². The summed E-state index contributed by atoms with van der Waals surface area (Å²) in [6.07, 6.45) is 0.490. The van der Waals surface area contributed by atoms with Crippen LogP contribution in [0.15, 0.2) is 4.79 Å². The molecule has 1 saturated carbocycles. The standard InChI is InChI=1S/C20H24F3N3O2S/c1-11-15-18(25-14-8-3-2-4-9-26(14)19(15)28)29-16(11)17(27)24-13-7-5-6-12(10-13)20(21,22)23/h12-13H,2-10H2,1H3,(H,24,27). The summed E-state index contributed by atoms with van der Waals surface area (Å²) < 4.78 is 40.8. The van der Waals surface area contributed by atoms with Crippen molar-refractivity contribution in [3.63, 3.8) is 0 Å². The highest BCUT2D eigenvalue weighted by molar-refractivity contribution is 7.20. The zero-order valence-electron chi connectivity index (χ0n) is 16.3. The summed E-state index contributed by atoms with van der Waals surface area (Å²) in [6, 6.07) is -0.502. The average Bonchev–Trinajstić information content (AvgIpc) is 2.84. The summed E-state index contributed by atoms with van der Waals surface area (Å²) in [4.78, 5) is 31.4. The predicted molar refractivity (Wildman–Crippen MR) is 105 cm³/mol. The number of rotatable bonds is 2. The molecule has 1 aliphatic heterocycles. The van der Waals surface area contributed by atoms with Gasteiger partial charge in [-0.05, 0) is 44.6 Å². The minimum atomic E-state index is -4.23. The van der Waals surface area contributed by atoms with Gasteiger partial charge >= 0.3 is 6.18 Å². The Labute approximate surface area is 170 Å². The summed E-state index contributed by atoms with van der Waals surface area (Å²) >= 11 is 1.16. The number of carbonyl (C=O) groups is 1. The van der Waals surface area contributed by atoms with Crippen molar-refractivity contribution in [2.24, 2.45) is 5.92 Å². The van der Waals surface area contributed by atoms with Gasteiger partial charge in [0.05, 0.1) is 16.2 Å². The molecule has 0 saturated heterocycles. The fraction of sp³-hybridized carbons (Fsp3) is 0.650. The first-order valence-electron chi connectivity index (χ1n) is 10.2. The maximum atomic E-state index is 13.0. The molecule has 1 aliphatic carbocycles. The number of aryl methyl sites for hydroxylation is 2. The minimum absolute atomic E-state index is 0.0889. The van der Waals surface area contributed by atoms with Crippen LogP contribution in [0.2, 0.25) is 0 Å². The van der Waals surface area contributed by atoms with E-state index >= 15 is 0 Å². The summed E-state index contributed by atoms with van der Waals surface area (Å²) in [5.41, 5.74) is 0.456. The maximum Gasteiger partial charge on any atom is 0.391 e. The number of hydrogen-bond donors (Lipinski definition) is 1. The first-order valence-corrected chi connectivity index (χ1v) is 11.0. The molecule has 0 radical (unpaired) electrons. The van der Waals surface area contributed by atoms with E-state index in [0.29, 0.717) is 40.0 Å². The number of amides is 1. The smallest absolute Gasteiger partial charge is 0.349 e. The van der Waals surface area contributed by atoms with E-state index in [-0.39, 0.29) is 18.4 Å². The van der Waals surface area contributed by atoms with Gasteiger partial charge in [0.25, 0.3) is 11.5 Å². The third-order valence-electron chi connectivity index (χ3n) is 6.09. The Morgan fingerprint density at radius 1 is 1.21 bits per heavy atom. The molecule has 0 bridgehead atoms. The predicted octanol–water partition coefficient (Wildman–Crippen LogP) is 4.34. The molecule has 3 heterocycles. The van der Waals surface area contributed by atoms with Crippen molar-refractivity contribution in [2.45, 2.75) is 77.1 Å². The third-order valence-corrected chi connectivity index (χ3v) is 7.27. The van der Waals surface area contributed by atoms with Gasteiger partial charge < -0.3 is 5.32 Å². The van der Waals surface area contributed by atoms with E-state index in [1.54, 1.807) is 11.5 Å². The Balaban J connectivity index is 1.61. The number of hydrogen-bond acceptors (Lipinski definition) is 4. The number of halogens is 3. The molecule has 2 aromatic rings. The number of carbonyl (C=O) groups excluding carboxylic acids is 1. The molecule has 0 aromatic carbocycles. The highest BCUT2D eigenvalue weighted by atomic mass is 32.1. The third kappa shape index (κ3) is 3.93. The van der Waals surface area contributed by atoms with E-state index < -0.39 is 24.0 Å². The van der Waals surface area contributed by atoms with Crippen molar-refractivity contribution in [1.29, 1.82) is 0 Å². The molecule has 4 rings (SSSR count). The Morgan fingerprint density at radius 2 is 2.00 bits per heavy atom. The molecule has 1 amide bonds. The van der Waals surface area contributed by atoms with E-state index in [0.717, 1.165) is 42.8 Å². The largest absolute Gasteiger partial charge is 0.391 e. The first-order chi connectivity index (χ1) is 13.8. The number of fused-ring (bicyclic) bond motifs is 2. The van der Waals surface area contributed by atoms with Crippen molar-refractivity contribution < 1.29 is 18.0 Å². The van der Waals surface area contributed by atoms with E-state index in [1.165, 1.54) is 0 Å². The first kappa shape index (κ1) is 20.4. The normalized spacial score (nSPS) is 22.9. The highest BCUT2D eigenvalue weighted by Crippen LogP contribution is 2.38. The quantitative estimate of drug-likeness (QED) is 0.775. The van der Waals surface area contributed by atoms with Crippen LogP contribution in [0.1, 0.15) is 66.0 Å². The molecule has 9 heteroatoms. The maximum absolute atomic E-state index is 13.0. The monoisotopic (exact) mass is 427 g/mol. The zero-order chi connectivity index (χ0) is 20.8. The van der Waals surface area contributed by atoms with Gasteiger partial charge in [-0.1, -0.05) is 12.8 Å². The van der Waals surface area contributed by atoms with Crippen LogP contribution in [0.4, 0.5) is 13.2 Å². The van der Waals surface area contributed by atoms with Crippen LogP contribution in [0.25, 0.3) is 10.2 Å². The van der Waals surface area contributed by atoms with Gasteiger partial charge in [-0.2, -0.15) is 13.2 Å². The lowest BCUT2D eigenvalue weighted by Gasteiger charge is -2.30. The van der Waals surface area contributed by atoms with Crippen LogP contribution in [-0.4, -0.2) is 27.7 Å². The van der Waals surface area contributed by atoms with Crippen LogP contribution < -0.4 is 10.9 Å². The van der Waals surface area contributed by atoms with E-state index in [1.807, 2.05) is 0 Å². The summed E-state index contributed by atoms with van der Waals surface area (Å²) in [5.74, 6) is -1.02. The van der Waals surface area contributed by atoms with Crippen molar-refractivity contribution in [2.75, 3.05) is 0 Å². The van der Waals surface area contributed by atoms with Gasteiger partial charge in [-0.15, -0.1) is 11.3 Å². The van der Waals surface area contributed by atoms with Gasteiger partial charge in [0, 0.05) is 19.0 Å². The molecule has 2 aromatic heterocycles. The molecule has 29 heavy (non-hydrogen) atoms. The highest BCUT2D eigenvalue weighted by Gasteiger charge is 2.42. The minimum Gasteiger partial charge on any atom is -0.349 e. The molecular weight excluding hydrogens is 403 g/mol. The van der Waals surface area contributed by atoms with Crippen molar-refractivity contribution in [3.05, 3.63) is 26.6 Å². The van der Waals surface area contributed by atoms with Crippen LogP contribution in [-0.2, 0) is 13.0 Å². The van der Waals surface area contributed by atoms with Gasteiger partial charge in [0.2, 0.25) is 0 Å². The van der Waals surface area contributed by atoms with E-state index in [9.17, 15) is 22.8 Å². The fourth-order valence-corrected chi connectivity index (χ4v) is 5.59. The molecule has 1 fully saturated rings. The molecule has 5 nitrogen and oxygen atoms in total. The zero-order valence-corrected chi connectivity index (χ0v) is 17.1. The molecule has 158 valence electrons. The number of alkyl halides is 3. The van der Waals surface area contributed by atoms with Crippen LogP contribution in [0.3, 0.4) is 0 Å². The van der Waals surface area contributed by atoms with Crippen molar-refractivity contribution >= 4 is 27.5 Å². The average molecular weight is 427 g/mol. The van der Waals surface area contributed by atoms with Crippen LogP contribution in [0, 0.1) is 12.8 Å². The van der Waals surface area contributed by atoms with E-state index in [2.05, 4.69) is 10.3 Å². The second-order valence-electron chi connectivity index (χ2n) is 8.11. The number of nitrogens with one attached hydrogen (secondary N) is 1. The number of aromatic nitrogens is 2. The van der Waals surface area contributed by atoms with Crippen LogP contribution in [0.5, 0.6) is 0 Å². The summed E-state index contributed by atoms with van der Waals surface area (Å²) in [5, 5.41) is 3.23. The molecule has 2 aliphatic rings. The topological polar surface area (TPSA) is 64.0 Å². The van der Waals surface area contributed by atoms with Crippen LogP contribution >= 0.6 is 11.3 Å². The Kier molecular flexibility index (Phi) is 5.44. The lowest BCUT2D eigenvalue weighted by atomic mass is 9.85. The fourth-order valence-electron chi connectivity index (χ4n) is 4.50. The SMILES string of the molecule is Cc1c(C(=O)NC2CCCC(C(F)(F)F)C2)sc2nc3n(c(=O)c12)CCCCC3. The Bertz CT molecular complexity index is 995. The summed E-state index contributed by atoms with van der Waals surface area (Å²) in [7, 11) is 0. The molecule has 1 N–H and O–H groups in total. The molecule has 0 spiro atoms. The van der Waals surface area contributed by atoms with E-state index in [4.69, 9.17) is 0 Å². The second kappa shape index (κ2) is 7.74. The lowest BCUT2D eigenvalue weighted by Crippen LogP contribution is -2.41. The number of thiophene rings is 1.